The molecule has 0 aliphatic carbocycles. The largest absolute Gasteiger partial charge is 0.386 e. The number of benzene rings is 1. The van der Waals surface area contributed by atoms with Crippen molar-refractivity contribution in [3.63, 3.8) is 0 Å². The first-order valence-electron chi connectivity index (χ1n) is 6.71. The Balaban J connectivity index is 1.82. The molecule has 0 saturated heterocycles. The van der Waals surface area contributed by atoms with Gasteiger partial charge in [-0.2, -0.15) is 0 Å². The van der Waals surface area contributed by atoms with Gasteiger partial charge in [0.1, 0.15) is 6.10 Å². The minimum atomic E-state index is -0.764. The van der Waals surface area contributed by atoms with E-state index in [4.69, 9.17) is 11.6 Å². The predicted molar refractivity (Wildman–Crippen MR) is 92.1 cm³/mol. The van der Waals surface area contributed by atoms with E-state index in [1.54, 1.807) is 12.1 Å². The number of nitrogens with zero attached hydrogens (tertiary/aromatic N) is 1. The van der Waals surface area contributed by atoms with Crippen molar-refractivity contribution in [2.45, 2.75) is 6.10 Å². The molecular formula is C15H18ClN3O2S. The Morgan fingerprint density at radius 3 is 2.50 bits per heavy atom. The number of thiophene rings is 1. The summed E-state index contributed by atoms with van der Waals surface area (Å²) in [4.78, 5) is 14.5. The summed E-state index contributed by atoms with van der Waals surface area (Å²) in [6, 6.07) is 10.6. The monoisotopic (exact) mass is 339 g/mol. The number of hydrogen-bond donors (Lipinski definition) is 3. The highest BCUT2D eigenvalue weighted by atomic mass is 35.5. The number of anilines is 2. The quantitative estimate of drug-likeness (QED) is 0.783. The fourth-order valence-electron chi connectivity index (χ4n) is 1.82. The normalized spacial score (nSPS) is 11.8. The summed E-state index contributed by atoms with van der Waals surface area (Å²) in [5.74, 6) is 0. The fraction of sp³-hybridized carbons (Fsp3) is 0.267. The third-order valence-corrected chi connectivity index (χ3v) is 4.35. The smallest absolute Gasteiger partial charge is 0.319 e. The molecule has 1 unspecified atom stereocenters. The number of nitrogens with one attached hydrogen (secondary N) is 2. The molecule has 1 heterocycles. The average molecular weight is 340 g/mol. The van der Waals surface area contributed by atoms with Crippen LogP contribution in [-0.4, -0.2) is 31.8 Å². The van der Waals surface area contributed by atoms with Crippen LogP contribution in [0.3, 0.4) is 0 Å². The van der Waals surface area contributed by atoms with Crippen LogP contribution in [0.15, 0.2) is 36.4 Å². The minimum Gasteiger partial charge on any atom is -0.386 e. The van der Waals surface area contributed by atoms with Gasteiger partial charge in [0.25, 0.3) is 0 Å². The van der Waals surface area contributed by atoms with Gasteiger partial charge in [-0.1, -0.05) is 11.6 Å². The lowest BCUT2D eigenvalue weighted by Gasteiger charge is -2.14. The number of amides is 2. The second-order valence-electron chi connectivity index (χ2n) is 4.93. The van der Waals surface area contributed by atoms with Crippen LogP contribution in [0.2, 0.25) is 4.34 Å². The zero-order valence-corrected chi connectivity index (χ0v) is 13.9. The summed E-state index contributed by atoms with van der Waals surface area (Å²) in [7, 11) is 3.90. The maximum Gasteiger partial charge on any atom is 0.319 e. The molecule has 0 fully saturated rings. The second kappa shape index (κ2) is 7.49. The molecule has 2 rings (SSSR count). The number of hydrogen-bond acceptors (Lipinski definition) is 4. The topological polar surface area (TPSA) is 64.6 Å². The summed E-state index contributed by atoms with van der Waals surface area (Å²) in [6.07, 6.45) is -0.764. The van der Waals surface area contributed by atoms with Gasteiger partial charge >= 0.3 is 6.03 Å². The Morgan fingerprint density at radius 2 is 1.95 bits per heavy atom. The van der Waals surface area contributed by atoms with E-state index in [1.807, 2.05) is 43.3 Å². The van der Waals surface area contributed by atoms with Gasteiger partial charge in [0.05, 0.1) is 10.9 Å². The fourth-order valence-corrected chi connectivity index (χ4v) is 2.86. The van der Waals surface area contributed by atoms with Crippen LogP contribution in [0, 0.1) is 0 Å². The second-order valence-corrected chi connectivity index (χ2v) is 6.68. The van der Waals surface area contributed by atoms with Crippen molar-refractivity contribution in [1.82, 2.24) is 5.32 Å². The highest BCUT2D eigenvalue weighted by Gasteiger charge is 2.11. The van der Waals surface area contributed by atoms with Gasteiger partial charge in [0.15, 0.2) is 0 Å². The van der Waals surface area contributed by atoms with Gasteiger partial charge in [0.2, 0.25) is 0 Å². The van der Waals surface area contributed by atoms with Gasteiger partial charge in [0, 0.05) is 30.3 Å². The average Bonchev–Trinajstić information content (AvgIpc) is 2.92. The standard InChI is InChI=1S/C15H18ClN3O2S/c1-19(2)11-5-3-10(4-6-11)18-15(21)17-9-12(20)13-7-8-14(16)22-13/h3-8,12,20H,9H2,1-2H3,(H2,17,18,21). The van der Waals surface area contributed by atoms with Crippen LogP contribution in [0.25, 0.3) is 0 Å². The Hall–Kier alpha value is -1.76. The maximum atomic E-state index is 11.8. The van der Waals surface area contributed by atoms with E-state index in [1.165, 1.54) is 11.3 Å². The van der Waals surface area contributed by atoms with Crippen LogP contribution in [0.4, 0.5) is 16.2 Å². The van der Waals surface area contributed by atoms with E-state index < -0.39 is 6.10 Å². The number of carbonyl (C=O) groups is 1. The van der Waals surface area contributed by atoms with Crippen molar-refractivity contribution in [2.24, 2.45) is 0 Å². The SMILES string of the molecule is CN(C)c1ccc(NC(=O)NCC(O)c2ccc(Cl)s2)cc1. The summed E-state index contributed by atoms with van der Waals surface area (Å²) in [6.45, 7) is 0.123. The zero-order chi connectivity index (χ0) is 16.1. The molecule has 0 aliphatic heterocycles. The molecule has 118 valence electrons. The highest BCUT2D eigenvalue weighted by molar-refractivity contribution is 7.16. The van der Waals surface area contributed by atoms with E-state index in [2.05, 4.69) is 10.6 Å². The van der Waals surface area contributed by atoms with Crippen LogP contribution < -0.4 is 15.5 Å². The number of aliphatic hydroxyl groups is 1. The van der Waals surface area contributed by atoms with Gasteiger partial charge in [-0.05, 0) is 36.4 Å². The molecule has 22 heavy (non-hydrogen) atoms. The molecule has 1 aromatic carbocycles. The van der Waals surface area contributed by atoms with E-state index in [0.29, 0.717) is 10.0 Å². The molecule has 2 amide bonds. The van der Waals surface area contributed by atoms with Gasteiger partial charge in [-0.25, -0.2) is 4.79 Å². The third kappa shape index (κ3) is 4.62. The maximum absolute atomic E-state index is 11.8. The van der Waals surface area contributed by atoms with Crippen LogP contribution >= 0.6 is 22.9 Å². The van der Waals surface area contributed by atoms with E-state index in [-0.39, 0.29) is 12.6 Å². The molecule has 1 aromatic heterocycles. The number of carbonyl (C=O) groups excluding carboxylic acids is 1. The van der Waals surface area contributed by atoms with Crippen molar-refractivity contribution >= 4 is 40.3 Å². The van der Waals surface area contributed by atoms with Crippen molar-refractivity contribution in [2.75, 3.05) is 30.9 Å². The molecule has 2 aromatic rings. The van der Waals surface area contributed by atoms with Gasteiger partial charge < -0.3 is 20.6 Å². The molecule has 0 aliphatic rings. The summed E-state index contributed by atoms with van der Waals surface area (Å²) in [5.41, 5.74) is 1.74. The zero-order valence-electron chi connectivity index (χ0n) is 12.3. The number of rotatable bonds is 5. The Kier molecular flexibility index (Phi) is 5.65. The molecular weight excluding hydrogens is 322 g/mol. The summed E-state index contributed by atoms with van der Waals surface area (Å²) < 4.78 is 0.611. The third-order valence-electron chi connectivity index (χ3n) is 3.02. The van der Waals surface area contributed by atoms with Crippen LogP contribution in [-0.2, 0) is 0 Å². The number of halogens is 1. The first-order chi connectivity index (χ1) is 10.5. The Bertz CT molecular complexity index is 628. The molecule has 0 saturated carbocycles. The molecule has 5 nitrogen and oxygen atoms in total. The van der Waals surface area contributed by atoms with E-state index >= 15 is 0 Å². The first-order valence-corrected chi connectivity index (χ1v) is 7.90. The predicted octanol–water partition coefficient (Wildman–Crippen LogP) is 3.32. The molecule has 7 heteroatoms. The van der Waals surface area contributed by atoms with Crippen molar-refractivity contribution in [1.29, 1.82) is 0 Å². The van der Waals surface area contributed by atoms with Gasteiger partial charge in [-0.15, -0.1) is 11.3 Å². The van der Waals surface area contributed by atoms with Gasteiger partial charge in [-0.3, -0.25) is 0 Å². The first kappa shape index (κ1) is 16.6. The molecule has 0 radical (unpaired) electrons. The molecule has 0 spiro atoms. The minimum absolute atomic E-state index is 0.123. The lowest BCUT2D eigenvalue weighted by molar-refractivity contribution is 0.178. The van der Waals surface area contributed by atoms with Crippen LogP contribution in [0.1, 0.15) is 11.0 Å². The van der Waals surface area contributed by atoms with E-state index in [0.717, 1.165) is 10.6 Å². The Morgan fingerprint density at radius 1 is 1.27 bits per heavy atom. The van der Waals surface area contributed by atoms with Crippen molar-refractivity contribution < 1.29 is 9.90 Å². The van der Waals surface area contributed by atoms with E-state index in [9.17, 15) is 9.90 Å². The number of aliphatic hydroxyl groups excluding tert-OH is 1. The molecule has 0 bridgehead atoms. The summed E-state index contributed by atoms with van der Waals surface area (Å²) >= 11 is 7.11. The molecule has 1 atom stereocenters. The highest BCUT2D eigenvalue weighted by Crippen LogP contribution is 2.26. The molecule has 3 N–H and O–H groups in total. The van der Waals surface area contributed by atoms with Crippen molar-refractivity contribution in [3.05, 3.63) is 45.6 Å². The summed E-state index contributed by atoms with van der Waals surface area (Å²) in [5, 5.41) is 15.3. The van der Waals surface area contributed by atoms with Crippen LogP contribution in [0.5, 0.6) is 0 Å². The Labute approximate surface area is 138 Å². The lowest BCUT2D eigenvalue weighted by Crippen LogP contribution is -2.32. The number of urea groups is 1. The van der Waals surface area contributed by atoms with Crippen molar-refractivity contribution in [3.8, 4) is 0 Å². The lowest BCUT2D eigenvalue weighted by atomic mass is 10.2.